The Labute approximate surface area is 92.9 Å². The minimum atomic E-state index is -3.66. The second kappa shape index (κ2) is 4.83. The van der Waals surface area contributed by atoms with Crippen LogP contribution in [0.1, 0.15) is 11.7 Å². The van der Waals surface area contributed by atoms with Gasteiger partial charge in [-0.25, -0.2) is 8.42 Å². The molecule has 0 heterocycles. The van der Waals surface area contributed by atoms with E-state index < -0.39 is 15.2 Å². The van der Waals surface area contributed by atoms with Gasteiger partial charge in [-0.3, -0.25) is 0 Å². The van der Waals surface area contributed by atoms with Gasteiger partial charge in [-0.15, -0.1) is 0 Å². The first kappa shape index (κ1) is 12.3. The van der Waals surface area contributed by atoms with Gasteiger partial charge >= 0.3 is 0 Å². The highest BCUT2D eigenvalue weighted by Crippen LogP contribution is 2.27. The maximum absolute atomic E-state index is 10.9. The van der Waals surface area contributed by atoms with Gasteiger partial charge in [0, 0.05) is 23.4 Å². The van der Waals surface area contributed by atoms with E-state index in [1.54, 1.807) is 18.2 Å². The lowest BCUT2D eigenvalue weighted by molar-refractivity contribution is 0.120. The molecule has 15 heavy (non-hydrogen) atoms. The molecule has 1 aromatic rings. The lowest BCUT2D eigenvalue weighted by atomic mass is 10.1. The van der Waals surface area contributed by atoms with Gasteiger partial charge in [0.15, 0.2) is 0 Å². The predicted octanol–water partition coefficient (Wildman–Crippen LogP) is 1.65. The van der Waals surface area contributed by atoms with E-state index in [0.717, 1.165) is 0 Å². The Hall–Kier alpha value is -0.780. The molecule has 0 amide bonds. The number of hydrogen-bond acceptors (Lipinski definition) is 4. The van der Waals surface area contributed by atoms with Crippen molar-refractivity contribution in [3.63, 3.8) is 0 Å². The highest BCUT2D eigenvalue weighted by Gasteiger charge is 2.20. The number of aromatic hydroxyl groups is 1. The first-order valence-corrected chi connectivity index (χ1v) is 6.65. The molecule has 0 fully saturated rings. The summed E-state index contributed by atoms with van der Waals surface area (Å²) in [5, 5.41) is 9.49. The molecule has 1 atom stereocenters. The summed E-state index contributed by atoms with van der Waals surface area (Å²) in [4.78, 5) is 0. The summed E-state index contributed by atoms with van der Waals surface area (Å²) in [6.45, 7) is 0. The third kappa shape index (κ3) is 3.70. The van der Waals surface area contributed by atoms with Crippen molar-refractivity contribution in [2.45, 2.75) is 6.10 Å². The smallest absolute Gasteiger partial charge is 0.235 e. The number of hydrogen-bond donors (Lipinski definition) is 1. The monoisotopic (exact) mass is 250 g/mol. The second-order valence-electron chi connectivity index (χ2n) is 2.99. The molecule has 0 bridgehead atoms. The first-order chi connectivity index (χ1) is 6.94. The van der Waals surface area contributed by atoms with E-state index >= 15 is 0 Å². The molecule has 6 heteroatoms. The van der Waals surface area contributed by atoms with Gasteiger partial charge in [0.25, 0.3) is 0 Å². The maximum Gasteiger partial charge on any atom is 0.235 e. The van der Waals surface area contributed by atoms with Gasteiger partial charge in [-0.2, -0.15) is 0 Å². The van der Waals surface area contributed by atoms with Crippen molar-refractivity contribution in [2.75, 3.05) is 12.9 Å². The Kier molecular flexibility index (Phi) is 3.96. The molecule has 0 aliphatic carbocycles. The lowest BCUT2D eigenvalue weighted by Gasteiger charge is -2.14. The van der Waals surface area contributed by atoms with Crippen LogP contribution in [-0.2, 0) is 13.8 Å². The molecule has 1 rings (SSSR count). The largest absolute Gasteiger partial charge is 0.508 e. The molecule has 0 saturated carbocycles. The van der Waals surface area contributed by atoms with E-state index in [1.807, 2.05) is 0 Å². The van der Waals surface area contributed by atoms with Crippen molar-refractivity contribution in [2.24, 2.45) is 0 Å². The number of phenols is 1. The number of halogens is 1. The standard InChI is InChI=1S/C9H11ClO4S/c1-14-9(6-15(10,12)13)7-4-2-3-5-8(7)11/h2-5,9,11H,6H2,1H3. The zero-order chi connectivity index (χ0) is 11.5. The van der Waals surface area contributed by atoms with Gasteiger partial charge in [-0.1, -0.05) is 18.2 Å². The van der Waals surface area contributed by atoms with Gasteiger partial charge in [0.05, 0.1) is 5.75 Å². The Bertz CT molecular complexity index is 429. The van der Waals surface area contributed by atoms with Gasteiger partial charge in [0.2, 0.25) is 9.05 Å². The highest BCUT2D eigenvalue weighted by molar-refractivity contribution is 8.13. The fourth-order valence-corrected chi connectivity index (χ4v) is 2.25. The molecule has 1 aromatic carbocycles. The van der Waals surface area contributed by atoms with Crippen LogP contribution in [0.25, 0.3) is 0 Å². The molecule has 4 nitrogen and oxygen atoms in total. The third-order valence-electron chi connectivity index (χ3n) is 1.92. The molecule has 0 spiro atoms. The summed E-state index contributed by atoms with van der Waals surface area (Å²) in [7, 11) is 2.82. The van der Waals surface area contributed by atoms with E-state index in [-0.39, 0.29) is 11.5 Å². The van der Waals surface area contributed by atoms with E-state index in [0.29, 0.717) is 5.56 Å². The van der Waals surface area contributed by atoms with E-state index in [1.165, 1.54) is 13.2 Å². The number of ether oxygens (including phenoxy) is 1. The molecule has 1 unspecified atom stereocenters. The van der Waals surface area contributed by atoms with E-state index in [2.05, 4.69) is 0 Å². The molecule has 0 aromatic heterocycles. The average Bonchev–Trinajstić information content (AvgIpc) is 2.14. The summed E-state index contributed by atoms with van der Waals surface area (Å²) >= 11 is 0. The van der Waals surface area contributed by atoms with Crippen LogP contribution < -0.4 is 0 Å². The Morgan fingerprint density at radius 1 is 1.47 bits per heavy atom. The summed E-state index contributed by atoms with van der Waals surface area (Å²) in [5.74, 6) is -0.382. The van der Waals surface area contributed by atoms with E-state index in [9.17, 15) is 13.5 Å². The molecular weight excluding hydrogens is 240 g/mol. The first-order valence-electron chi connectivity index (χ1n) is 4.17. The van der Waals surface area contributed by atoms with Crippen molar-refractivity contribution >= 4 is 19.7 Å². The van der Waals surface area contributed by atoms with E-state index in [4.69, 9.17) is 15.4 Å². The van der Waals surface area contributed by atoms with Crippen molar-refractivity contribution in [3.8, 4) is 5.75 Å². The number of phenolic OH excluding ortho intramolecular Hbond substituents is 1. The topological polar surface area (TPSA) is 63.6 Å². The fraction of sp³-hybridized carbons (Fsp3) is 0.333. The Balaban J connectivity index is 2.98. The van der Waals surface area contributed by atoms with Crippen molar-refractivity contribution in [1.29, 1.82) is 0 Å². The Morgan fingerprint density at radius 2 is 2.07 bits per heavy atom. The number of para-hydroxylation sites is 1. The summed E-state index contributed by atoms with van der Waals surface area (Å²) < 4.78 is 26.7. The van der Waals surface area contributed by atoms with Crippen LogP contribution in [0.4, 0.5) is 0 Å². The lowest BCUT2D eigenvalue weighted by Crippen LogP contribution is -2.12. The van der Waals surface area contributed by atoms with Crippen LogP contribution in [0, 0.1) is 0 Å². The fourth-order valence-electron chi connectivity index (χ4n) is 1.23. The molecule has 1 N–H and O–H groups in total. The van der Waals surface area contributed by atoms with Crippen LogP contribution in [0.5, 0.6) is 5.75 Å². The zero-order valence-corrected chi connectivity index (χ0v) is 9.62. The van der Waals surface area contributed by atoms with Gasteiger partial charge in [0.1, 0.15) is 11.9 Å². The van der Waals surface area contributed by atoms with Gasteiger partial charge in [-0.05, 0) is 6.07 Å². The predicted molar refractivity (Wildman–Crippen MR) is 57.5 cm³/mol. The molecule has 0 saturated heterocycles. The summed E-state index contributed by atoms with van der Waals surface area (Å²) in [6.07, 6.45) is -0.756. The summed E-state index contributed by atoms with van der Waals surface area (Å²) in [6, 6.07) is 6.37. The third-order valence-corrected chi connectivity index (χ3v) is 3.00. The zero-order valence-electron chi connectivity index (χ0n) is 8.05. The highest BCUT2D eigenvalue weighted by atomic mass is 35.7. The molecular formula is C9H11ClO4S. The van der Waals surface area contributed by atoms with Crippen molar-refractivity contribution in [1.82, 2.24) is 0 Å². The quantitative estimate of drug-likeness (QED) is 0.826. The normalized spacial score (nSPS) is 13.7. The van der Waals surface area contributed by atoms with Crippen LogP contribution in [0.2, 0.25) is 0 Å². The second-order valence-corrected chi connectivity index (χ2v) is 5.81. The average molecular weight is 251 g/mol. The van der Waals surface area contributed by atoms with Crippen LogP contribution >= 0.6 is 10.7 Å². The van der Waals surface area contributed by atoms with Crippen LogP contribution in [-0.4, -0.2) is 26.4 Å². The summed E-state index contributed by atoms with van der Waals surface area (Å²) in [5.41, 5.74) is 0.407. The van der Waals surface area contributed by atoms with Crippen LogP contribution in [0.15, 0.2) is 24.3 Å². The van der Waals surface area contributed by atoms with Crippen molar-refractivity contribution in [3.05, 3.63) is 29.8 Å². The minimum Gasteiger partial charge on any atom is -0.508 e. The minimum absolute atomic E-state index is 0.00957. The number of benzene rings is 1. The molecule has 0 aliphatic rings. The van der Waals surface area contributed by atoms with Crippen LogP contribution in [0.3, 0.4) is 0 Å². The Morgan fingerprint density at radius 3 is 2.53 bits per heavy atom. The molecule has 0 radical (unpaired) electrons. The van der Waals surface area contributed by atoms with Crippen molar-refractivity contribution < 1.29 is 18.3 Å². The number of methoxy groups -OCH3 is 1. The SMILES string of the molecule is COC(CS(=O)(=O)Cl)c1ccccc1O. The van der Waals surface area contributed by atoms with Gasteiger partial charge < -0.3 is 9.84 Å². The molecule has 0 aliphatic heterocycles. The molecule has 84 valence electrons. The maximum atomic E-state index is 10.9. The number of rotatable bonds is 4.